The molecule has 0 aliphatic heterocycles. The van der Waals surface area contributed by atoms with Gasteiger partial charge in [-0.25, -0.2) is 9.18 Å². The number of benzene rings is 1. The molecule has 0 aliphatic carbocycles. The van der Waals surface area contributed by atoms with Crippen molar-refractivity contribution in [2.24, 2.45) is 0 Å². The Morgan fingerprint density at radius 2 is 2.17 bits per heavy atom. The summed E-state index contributed by atoms with van der Waals surface area (Å²) < 4.78 is 12.8. The van der Waals surface area contributed by atoms with Gasteiger partial charge < -0.3 is 5.11 Å². The van der Waals surface area contributed by atoms with E-state index >= 15 is 0 Å². The van der Waals surface area contributed by atoms with Gasteiger partial charge in [0.2, 0.25) is 0 Å². The fourth-order valence-electron chi connectivity index (χ4n) is 0.916. The summed E-state index contributed by atoms with van der Waals surface area (Å²) in [7, 11) is 0. The highest BCUT2D eigenvalue weighted by Crippen LogP contribution is 2.21. The number of rotatable bonds is 1. The third-order valence-corrected chi connectivity index (χ3v) is 1.97. The molecule has 0 unspecified atom stereocenters. The van der Waals surface area contributed by atoms with Crippen LogP contribution < -0.4 is 0 Å². The second-order valence-electron chi connectivity index (χ2n) is 2.33. The first-order valence-electron chi connectivity index (χ1n) is 3.22. The number of carbonyl (C=O) groups is 1. The molecule has 0 amide bonds. The van der Waals surface area contributed by atoms with Crippen LogP contribution in [0.25, 0.3) is 0 Å². The van der Waals surface area contributed by atoms with Gasteiger partial charge in [0.15, 0.2) is 0 Å². The molecule has 0 radical (unpaired) electrons. The smallest absolute Gasteiger partial charge is 0.339 e. The van der Waals surface area contributed by atoms with E-state index in [0.717, 1.165) is 6.07 Å². The van der Waals surface area contributed by atoms with Gasteiger partial charge in [0.25, 0.3) is 0 Å². The predicted molar refractivity (Wildman–Crippen MR) is 43.1 cm³/mol. The quantitative estimate of drug-likeness (QED) is 0.735. The van der Waals surface area contributed by atoms with Gasteiger partial charge in [-0.2, -0.15) is 0 Å². The fraction of sp³-hybridized carbons (Fsp3) is 0.125. The molecule has 4 heteroatoms. The predicted octanol–water partition coefficient (Wildman–Crippen LogP) is 2.49. The molecule has 1 rings (SSSR count). The van der Waals surface area contributed by atoms with Crippen molar-refractivity contribution in [3.05, 3.63) is 34.1 Å². The van der Waals surface area contributed by atoms with Gasteiger partial charge in [-0.1, -0.05) is 11.6 Å². The van der Waals surface area contributed by atoms with Crippen LogP contribution >= 0.6 is 11.6 Å². The molecule has 0 saturated carbocycles. The first-order valence-corrected chi connectivity index (χ1v) is 3.59. The van der Waals surface area contributed by atoms with Crippen molar-refractivity contribution in [2.45, 2.75) is 6.92 Å². The summed E-state index contributed by atoms with van der Waals surface area (Å²) in [5, 5.41) is 8.83. The molecule has 0 spiro atoms. The van der Waals surface area contributed by atoms with Crippen LogP contribution in [-0.4, -0.2) is 11.1 Å². The molecule has 12 heavy (non-hydrogen) atoms. The van der Waals surface area contributed by atoms with E-state index in [1.165, 1.54) is 13.0 Å². The first kappa shape index (κ1) is 9.00. The zero-order valence-corrected chi connectivity index (χ0v) is 7.02. The van der Waals surface area contributed by atoms with Gasteiger partial charge >= 0.3 is 5.97 Å². The maximum Gasteiger partial charge on any atom is 0.339 e. The molecule has 0 fully saturated rings. The molecular weight excluding hydrogens is 183 g/mol. The molecule has 64 valence electrons. The average molecular weight is 189 g/mol. The monoisotopic (exact) mass is 188 g/mol. The molecule has 1 N–H and O–H groups in total. The van der Waals surface area contributed by atoms with Crippen molar-refractivity contribution < 1.29 is 14.3 Å². The first-order chi connectivity index (χ1) is 5.54. The molecule has 0 aromatic heterocycles. The Bertz CT molecular complexity index is 336. The van der Waals surface area contributed by atoms with Crippen molar-refractivity contribution in [2.75, 3.05) is 0 Å². The van der Waals surface area contributed by atoms with Gasteiger partial charge in [-0.05, 0) is 24.6 Å². The highest BCUT2D eigenvalue weighted by Gasteiger charge is 2.14. The van der Waals surface area contributed by atoms with Crippen molar-refractivity contribution in [1.29, 1.82) is 0 Å². The van der Waals surface area contributed by atoms with Gasteiger partial charge in [0, 0.05) is 5.02 Å². The summed E-state index contributed by atoms with van der Waals surface area (Å²) in [5.41, 5.74) is -0.105. The van der Waals surface area contributed by atoms with Crippen LogP contribution in [-0.2, 0) is 0 Å². The highest BCUT2D eigenvalue weighted by molar-refractivity contribution is 6.31. The minimum atomic E-state index is -1.30. The lowest BCUT2D eigenvalue weighted by molar-refractivity contribution is 0.0691. The highest BCUT2D eigenvalue weighted by atomic mass is 35.5. The fourth-order valence-corrected chi connectivity index (χ4v) is 1.07. The Hall–Kier alpha value is -1.09. The number of hydrogen-bond acceptors (Lipinski definition) is 1. The summed E-state index contributed by atoms with van der Waals surface area (Å²) in [6.45, 7) is 1.47. The molecule has 2 nitrogen and oxygen atoms in total. The summed E-state index contributed by atoms with van der Waals surface area (Å²) in [5.74, 6) is -2.06. The SMILES string of the molecule is Cc1c(Cl)ccc(F)c1C(=O)O. The Labute approximate surface area is 73.6 Å². The van der Waals surface area contributed by atoms with Gasteiger partial charge in [-0.3, -0.25) is 0 Å². The Kier molecular flexibility index (Phi) is 2.33. The van der Waals surface area contributed by atoms with Crippen LogP contribution in [0.1, 0.15) is 15.9 Å². The summed E-state index contributed by atoms with van der Waals surface area (Å²) >= 11 is 5.60. The third-order valence-electron chi connectivity index (χ3n) is 1.56. The topological polar surface area (TPSA) is 37.3 Å². The maximum atomic E-state index is 12.8. The average Bonchev–Trinajstić information content (AvgIpc) is 1.97. The van der Waals surface area contributed by atoms with E-state index in [1.54, 1.807) is 0 Å². The summed E-state index contributed by atoms with van der Waals surface area (Å²) in [6, 6.07) is 2.37. The molecule has 0 atom stereocenters. The van der Waals surface area contributed by atoms with E-state index in [0.29, 0.717) is 0 Å². The number of halogens is 2. The van der Waals surface area contributed by atoms with E-state index in [9.17, 15) is 9.18 Å². The number of hydrogen-bond donors (Lipinski definition) is 1. The Morgan fingerprint density at radius 3 is 2.58 bits per heavy atom. The molecule has 0 aliphatic rings. The Balaban J connectivity index is 3.43. The molecule has 0 bridgehead atoms. The molecule has 1 aromatic carbocycles. The maximum absolute atomic E-state index is 12.8. The Morgan fingerprint density at radius 1 is 1.58 bits per heavy atom. The van der Waals surface area contributed by atoms with Crippen LogP contribution in [0.15, 0.2) is 12.1 Å². The van der Waals surface area contributed by atoms with E-state index in [2.05, 4.69) is 0 Å². The summed E-state index contributed by atoms with van der Waals surface area (Å²) in [4.78, 5) is 10.5. The third kappa shape index (κ3) is 1.41. The lowest BCUT2D eigenvalue weighted by Gasteiger charge is -2.03. The van der Waals surface area contributed by atoms with E-state index in [1.807, 2.05) is 0 Å². The van der Waals surface area contributed by atoms with Crippen molar-refractivity contribution in [3.63, 3.8) is 0 Å². The number of carboxylic acids is 1. The van der Waals surface area contributed by atoms with E-state index < -0.39 is 11.8 Å². The van der Waals surface area contributed by atoms with Gasteiger partial charge in [-0.15, -0.1) is 0 Å². The molecule has 0 saturated heterocycles. The van der Waals surface area contributed by atoms with Crippen molar-refractivity contribution >= 4 is 17.6 Å². The molecule has 1 aromatic rings. The minimum absolute atomic E-state index is 0.254. The zero-order chi connectivity index (χ0) is 9.30. The van der Waals surface area contributed by atoms with Crippen LogP contribution in [0.4, 0.5) is 4.39 Å². The zero-order valence-electron chi connectivity index (χ0n) is 6.27. The minimum Gasteiger partial charge on any atom is -0.478 e. The van der Waals surface area contributed by atoms with Crippen molar-refractivity contribution in [1.82, 2.24) is 0 Å². The number of aromatic carboxylic acids is 1. The largest absolute Gasteiger partial charge is 0.478 e. The second kappa shape index (κ2) is 3.11. The van der Waals surface area contributed by atoms with Gasteiger partial charge in [0.1, 0.15) is 5.82 Å². The standard InChI is InChI=1S/C8H6ClFO2/c1-4-5(9)2-3-6(10)7(4)8(11)12/h2-3H,1H3,(H,11,12). The molecule has 0 heterocycles. The van der Waals surface area contributed by atoms with E-state index in [4.69, 9.17) is 16.7 Å². The second-order valence-corrected chi connectivity index (χ2v) is 2.74. The number of carboxylic acid groups (broad SMARTS) is 1. The lowest BCUT2D eigenvalue weighted by atomic mass is 10.1. The van der Waals surface area contributed by atoms with Crippen LogP contribution in [0, 0.1) is 12.7 Å². The normalized spacial score (nSPS) is 9.92. The van der Waals surface area contributed by atoms with E-state index in [-0.39, 0.29) is 16.1 Å². The summed E-state index contributed by atoms with van der Waals surface area (Å²) in [6.07, 6.45) is 0. The van der Waals surface area contributed by atoms with Crippen molar-refractivity contribution in [3.8, 4) is 0 Å². The lowest BCUT2D eigenvalue weighted by Crippen LogP contribution is -2.03. The van der Waals surface area contributed by atoms with Crippen LogP contribution in [0.5, 0.6) is 0 Å². The van der Waals surface area contributed by atoms with Crippen LogP contribution in [0.2, 0.25) is 5.02 Å². The van der Waals surface area contributed by atoms with Gasteiger partial charge in [0.05, 0.1) is 5.56 Å². The van der Waals surface area contributed by atoms with Crippen LogP contribution in [0.3, 0.4) is 0 Å². The molecular formula is C8H6ClFO2.